The Kier molecular flexibility index (Phi) is 21.8. The van der Waals surface area contributed by atoms with Gasteiger partial charge in [0.1, 0.15) is 24.4 Å². The summed E-state index contributed by atoms with van der Waals surface area (Å²) in [6.45, 7) is 4.40. The maximum Gasteiger partial charge on any atom is 0.114 e. The van der Waals surface area contributed by atoms with Crippen LogP contribution in [0.5, 0.6) is 0 Å². The predicted octanol–water partition coefficient (Wildman–Crippen LogP) is 3.96. The molecule has 0 bridgehead atoms. The minimum absolute atomic E-state index is 0.354. The molecule has 182 valence electrons. The zero-order valence-corrected chi connectivity index (χ0v) is 19.6. The van der Waals surface area contributed by atoms with Crippen molar-refractivity contribution in [1.82, 2.24) is 0 Å². The van der Waals surface area contributed by atoms with Gasteiger partial charge in [-0.2, -0.15) is 0 Å². The second kappa shape index (κ2) is 22.0. The van der Waals surface area contributed by atoms with Crippen molar-refractivity contribution in [3.63, 3.8) is 0 Å². The van der Waals surface area contributed by atoms with Crippen molar-refractivity contribution in [3.05, 3.63) is 0 Å². The Morgan fingerprint density at radius 2 is 1.00 bits per heavy atom. The van der Waals surface area contributed by atoms with Crippen LogP contribution < -0.4 is 0 Å². The number of hydrogen-bond donors (Lipinski definition) is 4. The Balaban J connectivity index is 4.18. The largest absolute Gasteiger partial charge is 0.394 e. The summed E-state index contributed by atoms with van der Waals surface area (Å²) in [5.74, 6) is 0. The molecule has 4 atom stereocenters. The lowest BCUT2D eigenvalue weighted by atomic mass is 10.0. The summed E-state index contributed by atoms with van der Waals surface area (Å²) in [6.07, 6.45) is 12.0. The number of aliphatic hydroxyl groups excluding tert-OH is 4. The van der Waals surface area contributed by atoms with E-state index in [4.69, 9.17) is 9.47 Å². The smallest absolute Gasteiger partial charge is 0.114 e. The van der Waals surface area contributed by atoms with E-state index in [9.17, 15) is 20.4 Å². The normalized spacial score (nSPS) is 15.8. The van der Waals surface area contributed by atoms with Gasteiger partial charge in [-0.1, -0.05) is 90.9 Å². The van der Waals surface area contributed by atoms with Gasteiger partial charge in [0.15, 0.2) is 0 Å². The van der Waals surface area contributed by atoms with Crippen LogP contribution in [0.4, 0.5) is 0 Å². The number of rotatable bonds is 23. The molecule has 0 unspecified atom stereocenters. The van der Waals surface area contributed by atoms with Crippen LogP contribution in [0.2, 0.25) is 0 Å². The van der Waals surface area contributed by atoms with E-state index in [1.807, 2.05) is 0 Å². The van der Waals surface area contributed by atoms with Gasteiger partial charge in [-0.3, -0.25) is 0 Å². The number of aliphatic hydroxyl groups is 4. The highest BCUT2D eigenvalue weighted by molar-refractivity contribution is 4.83. The fraction of sp³-hybridized carbons (Fsp3) is 1.00. The molecule has 0 fully saturated rings. The number of hydrogen-bond acceptors (Lipinski definition) is 6. The van der Waals surface area contributed by atoms with Crippen molar-refractivity contribution in [2.24, 2.45) is 0 Å². The van der Waals surface area contributed by atoms with Gasteiger partial charge in [0.05, 0.1) is 13.2 Å². The van der Waals surface area contributed by atoms with Gasteiger partial charge >= 0.3 is 0 Å². The number of ether oxygens (including phenoxy) is 2. The Hall–Kier alpha value is -0.240. The third kappa shape index (κ3) is 15.5. The molecule has 0 aromatic heterocycles. The standard InChI is InChI=1S/C24H50O6/c1-3-5-7-9-11-13-15-17-29-22(20-26)23(28)24(21(27)19-25)30-18-16-14-12-10-8-6-4-2/h21-28H,3-20H2,1-2H3/t21-,22+,23+,24+/m0/s1. The summed E-state index contributed by atoms with van der Waals surface area (Å²) in [5.41, 5.74) is 0. The van der Waals surface area contributed by atoms with Gasteiger partial charge in [-0.25, -0.2) is 0 Å². The summed E-state index contributed by atoms with van der Waals surface area (Å²) in [7, 11) is 0. The first kappa shape index (κ1) is 29.8. The first-order chi connectivity index (χ1) is 14.6. The molecule has 0 rings (SSSR count). The molecular formula is C24H50O6. The molecule has 0 aliphatic rings. The summed E-state index contributed by atoms with van der Waals surface area (Å²) in [4.78, 5) is 0. The predicted molar refractivity (Wildman–Crippen MR) is 122 cm³/mol. The maximum absolute atomic E-state index is 10.6. The molecule has 0 spiro atoms. The molecular weight excluding hydrogens is 384 g/mol. The van der Waals surface area contributed by atoms with Crippen molar-refractivity contribution in [2.45, 2.75) is 128 Å². The Bertz CT molecular complexity index is 342. The Morgan fingerprint density at radius 3 is 1.43 bits per heavy atom. The van der Waals surface area contributed by atoms with Crippen LogP contribution in [0, 0.1) is 0 Å². The molecule has 6 heteroatoms. The van der Waals surface area contributed by atoms with Crippen LogP contribution >= 0.6 is 0 Å². The van der Waals surface area contributed by atoms with E-state index < -0.39 is 31.0 Å². The van der Waals surface area contributed by atoms with Crippen LogP contribution in [0.15, 0.2) is 0 Å². The van der Waals surface area contributed by atoms with Gasteiger partial charge < -0.3 is 29.9 Å². The van der Waals surface area contributed by atoms with Crippen LogP contribution in [-0.2, 0) is 9.47 Å². The van der Waals surface area contributed by atoms with Crippen LogP contribution in [0.25, 0.3) is 0 Å². The van der Waals surface area contributed by atoms with Crippen molar-refractivity contribution >= 4 is 0 Å². The fourth-order valence-electron chi connectivity index (χ4n) is 3.58. The van der Waals surface area contributed by atoms with E-state index >= 15 is 0 Å². The summed E-state index contributed by atoms with van der Waals surface area (Å²) < 4.78 is 11.4. The molecule has 0 aliphatic heterocycles. The van der Waals surface area contributed by atoms with E-state index in [0.29, 0.717) is 13.2 Å². The average molecular weight is 435 g/mol. The Labute approximate surface area is 185 Å². The van der Waals surface area contributed by atoms with Gasteiger partial charge in [-0.15, -0.1) is 0 Å². The van der Waals surface area contributed by atoms with Crippen LogP contribution in [0.1, 0.15) is 104 Å². The van der Waals surface area contributed by atoms with E-state index in [1.54, 1.807) is 0 Å². The lowest BCUT2D eigenvalue weighted by molar-refractivity contribution is -0.162. The molecule has 0 heterocycles. The van der Waals surface area contributed by atoms with E-state index in [0.717, 1.165) is 32.1 Å². The Morgan fingerprint density at radius 1 is 0.567 bits per heavy atom. The minimum Gasteiger partial charge on any atom is -0.394 e. The zero-order valence-electron chi connectivity index (χ0n) is 19.6. The topological polar surface area (TPSA) is 99.4 Å². The summed E-state index contributed by atoms with van der Waals surface area (Å²) >= 11 is 0. The molecule has 0 aromatic rings. The van der Waals surface area contributed by atoms with E-state index in [1.165, 1.54) is 57.8 Å². The third-order valence-corrected chi connectivity index (χ3v) is 5.60. The molecule has 6 nitrogen and oxygen atoms in total. The molecule has 0 amide bonds. The maximum atomic E-state index is 10.6. The van der Waals surface area contributed by atoms with Gasteiger partial charge in [0.2, 0.25) is 0 Å². The van der Waals surface area contributed by atoms with Gasteiger partial charge in [0, 0.05) is 13.2 Å². The lowest BCUT2D eigenvalue weighted by Crippen LogP contribution is -2.49. The average Bonchev–Trinajstić information content (AvgIpc) is 2.76. The zero-order chi connectivity index (χ0) is 22.5. The monoisotopic (exact) mass is 434 g/mol. The van der Waals surface area contributed by atoms with Crippen LogP contribution in [-0.4, -0.2) is 71.3 Å². The molecule has 0 aromatic carbocycles. The molecule has 0 saturated heterocycles. The van der Waals surface area contributed by atoms with Crippen molar-refractivity contribution in [2.75, 3.05) is 26.4 Å². The molecule has 4 N–H and O–H groups in total. The SMILES string of the molecule is CCCCCCCCCO[C@@H]([C@H](O)[C@@H](CO)OCCCCCCCCC)[C@@H](O)CO. The van der Waals surface area contributed by atoms with Crippen molar-refractivity contribution < 1.29 is 29.9 Å². The lowest BCUT2D eigenvalue weighted by Gasteiger charge is -2.31. The quantitative estimate of drug-likeness (QED) is 0.182. The highest BCUT2D eigenvalue weighted by atomic mass is 16.5. The van der Waals surface area contributed by atoms with Crippen molar-refractivity contribution in [1.29, 1.82) is 0 Å². The summed E-state index contributed by atoms with van der Waals surface area (Å²) in [5, 5.41) is 39.6. The molecule has 0 saturated carbocycles. The van der Waals surface area contributed by atoms with Crippen molar-refractivity contribution in [3.8, 4) is 0 Å². The molecule has 0 radical (unpaired) electrons. The van der Waals surface area contributed by atoms with Crippen LogP contribution in [0.3, 0.4) is 0 Å². The minimum atomic E-state index is -1.21. The third-order valence-electron chi connectivity index (χ3n) is 5.60. The second-order valence-electron chi connectivity index (χ2n) is 8.41. The first-order valence-corrected chi connectivity index (χ1v) is 12.4. The van der Waals surface area contributed by atoms with Gasteiger partial charge in [0.25, 0.3) is 0 Å². The highest BCUT2D eigenvalue weighted by Gasteiger charge is 2.33. The second-order valence-corrected chi connectivity index (χ2v) is 8.41. The highest BCUT2D eigenvalue weighted by Crippen LogP contribution is 2.15. The molecule has 0 aliphatic carbocycles. The van der Waals surface area contributed by atoms with E-state index in [-0.39, 0.29) is 6.61 Å². The fourth-order valence-corrected chi connectivity index (χ4v) is 3.58. The molecule has 30 heavy (non-hydrogen) atoms. The summed E-state index contributed by atoms with van der Waals surface area (Å²) in [6, 6.07) is 0. The first-order valence-electron chi connectivity index (χ1n) is 12.4. The van der Waals surface area contributed by atoms with Gasteiger partial charge in [-0.05, 0) is 12.8 Å². The number of unbranched alkanes of at least 4 members (excludes halogenated alkanes) is 12. The van der Waals surface area contributed by atoms with E-state index in [2.05, 4.69) is 13.8 Å².